The van der Waals surface area contributed by atoms with Gasteiger partial charge in [0.25, 0.3) is 0 Å². The summed E-state index contributed by atoms with van der Waals surface area (Å²) in [5.41, 5.74) is 4.60. The van der Waals surface area contributed by atoms with E-state index in [4.69, 9.17) is 15.2 Å². The lowest BCUT2D eigenvalue weighted by Crippen LogP contribution is -2.20. The van der Waals surface area contributed by atoms with Crippen LogP contribution in [0.15, 0.2) is 12.1 Å². The molecular formula is C14H18FNO3. The number of hydrogen-bond donors (Lipinski definition) is 1. The number of carbonyl (C=O) groups excluding carboxylic acids is 1. The van der Waals surface area contributed by atoms with Gasteiger partial charge < -0.3 is 15.2 Å². The Kier molecular flexibility index (Phi) is 3.75. The number of carbonyl (C=O) groups is 1. The molecule has 0 saturated heterocycles. The first-order chi connectivity index (χ1) is 8.93. The van der Waals surface area contributed by atoms with E-state index >= 15 is 0 Å². The summed E-state index contributed by atoms with van der Waals surface area (Å²) in [5.74, 6) is 0.669. The molecule has 0 bridgehead atoms. The number of Topliss-reactive ketones (excluding diaryl/α,β-unsaturated/α-hetero) is 1. The van der Waals surface area contributed by atoms with Crippen LogP contribution in [0.2, 0.25) is 0 Å². The Labute approximate surface area is 111 Å². The first kappa shape index (κ1) is 13.8. The van der Waals surface area contributed by atoms with E-state index in [0.717, 1.165) is 0 Å². The second-order valence-electron chi connectivity index (χ2n) is 4.98. The number of nitrogens with two attached hydrogens (primary N) is 1. The third-order valence-electron chi connectivity index (χ3n) is 3.00. The number of alkyl halides is 1. The van der Waals surface area contributed by atoms with E-state index in [1.54, 1.807) is 6.07 Å². The molecule has 0 atom stereocenters. The van der Waals surface area contributed by atoms with Crippen LogP contribution in [0.1, 0.15) is 36.2 Å². The van der Waals surface area contributed by atoms with Gasteiger partial charge in [-0.2, -0.15) is 0 Å². The average molecular weight is 267 g/mol. The van der Waals surface area contributed by atoms with Crippen LogP contribution in [-0.2, 0) is 5.67 Å². The van der Waals surface area contributed by atoms with Gasteiger partial charge >= 0.3 is 0 Å². The van der Waals surface area contributed by atoms with E-state index in [1.807, 2.05) is 0 Å². The molecule has 1 aromatic rings. The fourth-order valence-electron chi connectivity index (χ4n) is 1.97. The maximum absolute atomic E-state index is 14.1. The summed E-state index contributed by atoms with van der Waals surface area (Å²) in [6.07, 6.45) is 0.200. The molecule has 1 aliphatic heterocycles. The average Bonchev–Trinajstić information content (AvgIpc) is 2.36. The third-order valence-corrected chi connectivity index (χ3v) is 3.00. The minimum atomic E-state index is -1.55. The molecule has 0 aliphatic carbocycles. The van der Waals surface area contributed by atoms with Crippen molar-refractivity contribution in [2.24, 2.45) is 5.73 Å². The minimum Gasteiger partial charge on any atom is -0.486 e. The SMILES string of the molecule is CC(C)(F)c1cc2c(c(C(=O)CCN)c1)OCCO2. The van der Waals surface area contributed by atoms with Gasteiger partial charge in [0.05, 0.1) is 5.56 Å². The lowest BCUT2D eigenvalue weighted by molar-refractivity contribution is 0.0973. The van der Waals surface area contributed by atoms with Crippen molar-refractivity contribution in [2.45, 2.75) is 25.9 Å². The van der Waals surface area contributed by atoms with Crippen molar-refractivity contribution in [1.82, 2.24) is 0 Å². The summed E-state index contributed by atoms with van der Waals surface area (Å²) in [6, 6.07) is 3.12. The van der Waals surface area contributed by atoms with E-state index in [1.165, 1.54) is 19.9 Å². The summed E-state index contributed by atoms with van der Waals surface area (Å²) < 4.78 is 25.0. The zero-order valence-electron chi connectivity index (χ0n) is 11.2. The Balaban J connectivity index is 2.52. The van der Waals surface area contributed by atoms with Gasteiger partial charge in [0.1, 0.15) is 18.9 Å². The summed E-state index contributed by atoms with van der Waals surface area (Å²) in [6.45, 7) is 3.91. The Morgan fingerprint density at radius 2 is 2.05 bits per heavy atom. The number of rotatable bonds is 4. The number of hydrogen-bond acceptors (Lipinski definition) is 4. The molecule has 0 radical (unpaired) electrons. The Hall–Kier alpha value is -1.62. The molecular weight excluding hydrogens is 249 g/mol. The quantitative estimate of drug-likeness (QED) is 0.849. The van der Waals surface area contributed by atoms with E-state index in [0.29, 0.717) is 35.8 Å². The van der Waals surface area contributed by atoms with Gasteiger partial charge in [-0.3, -0.25) is 4.79 Å². The third kappa shape index (κ3) is 2.87. The number of ketones is 1. The first-order valence-electron chi connectivity index (χ1n) is 6.30. The molecule has 0 spiro atoms. The monoisotopic (exact) mass is 267 g/mol. The Bertz CT molecular complexity index is 494. The maximum atomic E-state index is 14.1. The van der Waals surface area contributed by atoms with Crippen molar-refractivity contribution >= 4 is 5.78 Å². The van der Waals surface area contributed by atoms with Crippen LogP contribution in [-0.4, -0.2) is 25.5 Å². The highest BCUT2D eigenvalue weighted by Crippen LogP contribution is 2.39. The van der Waals surface area contributed by atoms with Crippen LogP contribution < -0.4 is 15.2 Å². The van der Waals surface area contributed by atoms with Gasteiger partial charge in [0.15, 0.2) is 17.3 Å². The van der Waals surface area contributed by atoms with Crippen LogP contribution in [0.25, 0.3) is 0 Å². The van der Waals surface area contributed by atoms with Crippen molar-refractivity contribution in [3.05, 3.63) is 23.3 Å². The zero-order valence-corrected chi connectivity index (χ0v) is 11.2. The minimum absolute atomic E-state index is 0.157. The maximum Gasteiger partial charge on any atom is 0.172 e. The summed E-state index contributed by atoms with van der Waals surface area (Å²) in [7, 11) is 0. The van der Waals surface area contributed by atoms with Crippen molar-refractivity contribution < 1.29 is 18.7 Å². The predicted molar refractivity (Wildman–Crippen MR) is 69.6 cm³/mol. The molecule has 4 nitrogen and oxygen atoms in total. The Morgan fingerprint density at radius 1 is 1.37 bits per heavy atom. The van der Waals surface area contributed by atoms with Crippen LogP contribution >= 0.6 is 0 Å². The molecule has 0 amide bonds. The van der Waals surface area contributed by atoms with Crippen molar-refractivity contribution in [2.75, 3.05) is 19.8 Å². The summed E-state index contributed by atoms with van der Waals surface area (Å²) in [5, 5.41) is 0. The molecule has 2 rings (SSSR count). The second-order valence-corrected chi connectivity index (χ2v) is 4.98. The van der Waals surface area contributed by atoms with Gasteiger partial charge in [0.2, 0.25) is 0 Å². The van der Waals surface area contributed by atoms with Gasteiger partial charge in [0, 0.05) is 6.42 Å². The smallest absolute Gasteiger partial charge is 0.172 e. The number of benzene rings is 1. The molecule has 0 aromatic heterocycles. The van der Waals surface area contributed by atoms with Gasteiger partial charge in [-0.25, -0.2) is 4.39 Å². The largest absolute Gasteiger partial charge is 0.486 e. The number of halogens is 1. The molecule has 1 heterocycles. The molecule has 1 aromatic carbocycles. The molecule has 2 N–H and O–H groups in total. The lowest BCUT2D eigenvalue weighted by Gasteiger charge is -2.24. The highest BCUT2D eigenvalue weighted by Gasteiger charge is 2.27. The van der Waals surface area contributed by atoms with Gasteiger partial charge in [-0.15, -0.1) is 0 Å². The standard InChI is InChI=1S/C14H18FNO3/c1-14(2,15)9-7-10(11(17)3-4-16)13-12(8-9)18-5-6-19-13/h7-8H,3-6,16H2,1-2H3. The highest BCUT2D eigenvalue weighted by molar-refractivity contribution is 6.00. The van der Waals surface area contributed by atoms with Crippen molar-refractivity contribution in [3.63, 3.8) is 0 Å². The van der Waals surface area contributed by atoms with E-state index in [-0.39, 0.29) is 18.7 Å². The fourth-order valence-corrected chi connectivity index (χ4v) is 1.97. The van der Waals surface area contributed by atoms with E-state index < -0.39 is 5.67 Å². The number of ether oxygens (including phenoxy) is 2. The lowest BCUT2D eigenvalue weighted by atomic mass is 9.94. The topological polar surface area (TPSA) is 61.6 Å². The summed E-state index contributed by atoms with van der Waals surface area (Å²) >= 11 is 0. The molecule has 1 aliphatic rings. The van der Waals surface area contributed by atoms with Crippen molar-refractivity contribution in [3.8, 4) is 11.5 Å². The Morgan fingerprint density at radius 3 is 2.68 bits per heavy atom. The normalized spacial score (nSPS) is 14.3. The molecule has 0 saturated carbocycles. The van der Waals surface area contributed by atoms with Gasteiger partial charge in [-0.05, 0) is 38.1 Å². The van der Waals surface area contributed by atoms with Crippen LogP contribution in [0.3, 0.4) is 0 Å². The van der Waals surface area contributed by atoms with Crippen molar-refractivity contribution in [1.29, 1.82) is 0 Å². The van der Waals surface area contributed by atoms with Crippen LogP contribution in [0.4, 0.5) is 4.39 Å². The highest BCUT2D eigenvalue weighted by atomic mass is 19.1. The first-order valence-corrected chi connectivity index (χ1v) is 6.30. The van der Waals surface area contributed by atoms with E-state index in [9.17, 15) is 9.18 Å². The molecule has 19 heavy (non-hydrogen) atoms. The molecule has 5 heteroatoms. The van der Waals surface area contributed by atoms with Crippen LogP contribution in [0, 0.1) is 0 Å². The zero-order chi connectivity index (χ0) is 14.0. The van der Waals surface area contributed by atoms with E-state index in [2.05, 4.69) is 0 Å². The van der Waals surface area contributed by atoms with Gasteiger partial charge in [-0.1, -0.05) is 0 Å². The molecule has 0 fully saturated rings. The predicted octanol–water partition coefficient (Wildman–Crippen LogP) is 2.19. The molecule has 104 valence electrons. The summed E-state index contributed by atoms with van der Waals surface area (Å²) in [4.78, 5) is 12.1. The second kappa shape index (κ2) is 5.17. The number of fused-ring (bicyclic) bond motifs is 1. The molecule has 0 unspecified atom stereocenters. The van der Waals surface area contributed by atoms with Crippen LogP contribution in [0.5, 0.6) is 11.5 Å². The fraction of sp³-hybridized carbons (Fsp3) is 0.500.